The molecule has 0 N–H and O–H groups in total. The third kappa shape index (κ3) is 2.02. The normalized spacial score (nSPS) is 11.2. The summed E-state index contributed by atoms with van der Waals surface area (Å²) >= 11 is 8.78. The van der Waals surface area contributed by atoms with Gasteiger partial charge >= 0.3 is 0 Å². The highest BCUT2D eigenvalue weighted by atomic mass is 79.9. The van der Waals surface area contributed by atoms with E-state index in [0.717, 1.165) is 0 Å². The van der Waals surface area contributed by atoms with Crippen molar-refractivity contribution in [2.24, 2.45) is 0 Å². The summed E-state index contributed by atoms with van der Waals surface area (Å²) in [6.45, 7) is 2.14. The second-order valence-electron chi connectivity index (χ2n) is 2.40. The minimum absolute atomic E-state index is 0.0932. The van der Waals surface area contributed by atoms with E-state index < -0.39 is 6.43 Å². The van der Waals surface area contributed by atoms with Gasteiger partial charge in [-0.05, 0) is 6.92 Å². The molecule has 0 amide bonds. The predicted molar refractivity (Wildman–Crippen MR) is 50.5 cm³/mol. The van der Waals surface area contributed by atoms with Crippen molar-refractivity contribution in [3.05, 3.63) is 16.4 Å². The van der Waals surface area contributed by atoms with Gasteiger partial charge in [-0.15, -0.1) is 0 Å². The lowest BCUT2D eigenvalue weighted by molar-refractivity contribution is 0.138. The Morgan fingerprint density at radius 3 is 2.62 bits per heavy atom. The molecule has 0 bridgehead atoms. The Morgan fingerprint density at radius 1 is 1.62 bits per heavy atom. The zero-order valence-corrected chi connectivity index (χ0v) is 9.24. The zero-order chi connectivity index (χ0) is 10.0. The van der Waals surface area contributed by atoms with Crippen LogP contribution in [-0.2, 0) is 11.9 Å². The van der Waals surface area contributed by atoms with E-state index in [-0.39, 0.29) is 10.8 Å². The van der Waals surface area contributed by atoms with E-state index in [4.69, 9.17) is 11.6 Å². The van der Waals surface area contributed by atoms with Gasteiger partial charge in [0.2, 0.25) is 0 Å². The molecule has 13 heavy (non-hydrogen) atoms. The van der Waals surface area contributed by atoms with Crippen molar-refractivity contribution in [1.82, 2.24) is 9.78 Å². The molecule has 0 aliphatic carbocycles. The largest absolute Gasteiger partial charge is 0.280 e. The van der Waals surface area contributed by atoms with Crippen LogP contribution >= 0.6 is 27.5 Å². The van der Waals surface area contributed by atoms with Crippen LogP contribution in [0, 0.1) is 0 Å². The van der Waals surface area contributed by atoms with Gasteiger partial charge in [0.15, 0.2) is 5.15 Å². The zero-order valence-electron chi connectivity index (χ0n) is 6.90. The second-order valence-corrected chi connectivity index (χ2v) is 3.32. The van der Waals surface area contributed by atoms with Crippen LogP contribution < -0.4 is 0 Å². The Morgan fingerprint density at radius 2 is 2.23 bits per heavy atom. The Bertz CT molecular complexity index is 301. The van der Waals surface area contributed by atoms with Gasteiger partial charge in [0.1, 0.15) is 5.69 Å². The number of aryl methyl sites for hydroxylation is 1. The van der Waals surface area contributed by atoms with Crippen molar-refractivity contribution in [3.8, 4) is 0 Å². The van der Waals surface area contributed by atoms with E-state index in [0.29, 0.717) is 17.4 Å². The van der Waals surface area contributed by atoms with Crippen molar-refractivity contribution < 1.29 is 8.78 Å². The third-order valence-corrected chi connectivity index (χ3v) is 2.55. The standard InChI is InChI=1S/C7H8BrClF2N2/c1-2-13-5(7(10)11)4(3-8)6(9)12-13/h7H,2-3H2,1H3. The van der Waals surface area contributed by atoms with Crippen LogP contribution in [0.15, 0.2) is 0 Å². The summed E-state index contributed by atoms with van der Waals surface area (Å²) < 4.78 is 26.3. The molecule has 0 unspecified atom stereocenters. The summed E-state index contributed by atoms with van der Waals surface area (Å²) in [6, 6.07) is 0. The highest BCUT2D eigenvalue weighted by Crippen LogP contribution is 2.29. The van der Waals surface area contributed by atoms with Crippen LogP contribution in [0.1, 0.15) is 24.6 Å². The number of rotatable bonds is 3. The quantitative estimate of drug-likeness (QED) is 0.772. The van der Waals surface area contributed by atoms with Crippen LogP contribution in [-0.4, -0.2) is 9.78 Å². The highest BCUT2D eigenvalue weighted by molar-refractivity contribution is 9.08. The summed E-state index contributed by atoms with van der Waals surface area (Å²) in [5.74, 6) is 0. The Kier molecular flexibility index (Phi) is 3.67. The molecule has 0 fully saturated rings. The van der Waals surface area contributed by atoms with Gasteiger partial charge in [-0.25, -0.2) is 8.78 Å². The lowest BCUT2D eigenvalue weighted by Crippen LogP contribution is -2.04. The second kappa shape index (κ2) is 4.37. The monoisotopic (exact) mass is 272 g/mol. The van der Waals surface area contributed by atoms with Crippen LogP contribution in [0.3, 0.4) is 0 Å². The van der Waals surface area contributed by atoms with Crippen LogP contribution in [0.2, 0.25) is 5.15 Å². The van der Waals surface area contributed by atoms with Crippen molar-refractivity contribution in [3.63, 3.8) is 0 Å². The van der Waals surface area contributed by atoms with Gasteiger partial charge in [-0.2, -0.15) is 5.10 Å². The number of hydrogen-bond donors (Lipinski definition) is 0. The van der Waals surface area contributed by atoms with Gasteiger partial charge in [0.25, 0.3) is 6.43 Å². The minimum Gasteiger partial charge on any atom is -0.262 e. The molecule has 0 aliphatic heterocycles. The molecule has 1 rings (SSSR count). The molecule has 1 aromatic heterocycles. The van der Waals surface area contributed by atoms with Crippen LogP contribution in [0.25, 0.3) is 0 Å². The number of hydrogen-bond acceptors (Lipinski definition) is 1. The van der Waals surface area contributed by atoms with Gasteiger partial charge in [0, 0.05) is 17.4 Å². The summed E-state index contributed by atoms with van der Waals surface area (Å²) in [5.41, 5.74) is 0.280. The first-order chi connectivity index (χ1) is 6.11. The first-order valence-corrected chi connectivity index (χ1v) is 5.20. The average molecular weight is 274 g/mol. The molecular weight excluding hydrogens is 265 g/mol. The van der Waals surface area contributed by atoms with Gasteiger partial charge < -0.3 is 0 Å². The van der Waals surface area contributed by atoms with E-state index in [2.05, 4.69) is 21.0 Å². The van der Waals surface area contributed by atoms with Crippen molar-refractivity contribution in [1.29, 1.82) is 0 Å². The third-order valence-electron chi connectivity index (χ3n) is 1.68. The molecule has 0 aromatic carbocycles. The van der Waals surface area contributed by atoms with Gasteiger partial charge in [-0.3, -0.25) is 4.68 Å². The fourth-order valence-electron chi connectivity index (χ4n) is 1.09. The van der Waals surface area contributed by atoms with E-state index in [1.54, 1.807) is 6.92 Å². The Balaban J connectivity index is 3.24. The molecule has 1 aromatic rings. The SMILES string of the molecule is CCn1nc(Cl)c(CBr)c1C(F)F. The number of aromatic nitrogens is 2. The molecule has 0 radical (unpaired) electrons. The molecule has 0 atom stereocenters. The van der Waals surface area contributed by atoms with E-state index in [9.17, 15) is 8.78 Å². The first-order valence-electron chi connectivity index (χ1n) is 3.71. The minimum atomic E-state index is -2.53. The number of nitrogens with zero attached hydrogens (tertiary/aromatic N) is 2. The Labute approximate surface area is 88.0 Å². The highest BCUT2D eigenvalue weighted by Gasteiger charge is 2.22. The maximum Gasteiger partial charge on any atom is 0.280 e. The number of alkyl halides is 3. The maximum absolute atomic E-state index is 12.5. The molecule has 74 valence electrons. The first kappa shape index (κ1) is 10.9. The molecule has 0 aliphatic rings. The smallest absolute Gasteiger partial charge is 0.262 e. The number of halogens is 4. The van der Waals surface area contributed by atoms with Gasteiger partial charge in [0.05, 0.1) is 0 Å². The Hall–Kier alpha value is -0.160. The fourth-order valence-corrected chi connectivity index (χ4v) is 2.06. The summed E-state index contributed by atoms with van der Waals surface area (Å²) in [4.78, 5) is 0. The molecule has 0 saturated carbocycles. The lowest BCUT2D eigenvalue weighted by Gasteiger charge is -2.04. The molecule has 0 spiro atoms. The molecule has 1 heterocycles. The summed E-state index contributed by atoms with van der Waals surface area (Å²) in [6.07, 6.45) is -2.53. The maximum atomic E-state index is 12.5. The summed E-state index contributed by atoms with van der Waals surface area (Å²) in [5, 5.41) is 4.24. The van der Waals surface area contributed by atoms with E-state index >= 15 is 0 Å². The molecular formula is C7H8BrClF2N2. The van der Waals surface area contributed by atoms with Crippen LogP contribution in [0.5, 0.6) is 0 Å². The average Bonchev–Trinajstić information content (AvgIpc) is 2.41. The topological polar surface area (TPSA) is 17.8 Å². The van der Waals surface area contributed by atoms with Crippen molar-refractivity contribution in [2.75, 3.05) is 0 Å². The predicted octanol–water partition coefficient (Wildman–Crippen LogP) is 3.39. The van der Waals surface area contributed by atoms with Crippen molar-refractivity contribution >= 4 is 27.5 Å². The van der Waals surface area contributed by atoms with E-state index in [1.807, 2.05) is 0 Å². The fraction of sp³-hybridized carbons (Fsp3) is 0.571. The molecule has 2 nitrogen and oxygen atoms in total. The van der Waals surface area contributed by atoms with Crippen LogP contribution in [0.4, 0.5) is 8.78 Å². The van der Waals surface area contributed by atoms with Crippen molar-refractivity contribution in [2.45, 2.75) is 25.2 Å². The molecule has 6 heteroatoms. The summed E-state index contributed by atoms with van der Waals surface area (Å²) in [7, 11) is 0. The van der Waals surface area contributed by atoms with Gasteiger partial charge in [-0.1, -0.05) is 27.5 Å². The molecule has 0 saturated heterocycles. The van der Waals surface area contributed by atoms with E-state index in [1.165, 1.54) is 4.68 Å². The lowest BCUT2D eigenvalue weighted by atomic mass is 10.3.